The zero-order valence-electron chi connectivity index (χ0n) is 15.3. The Bertz CT molecular complexity index is 583. The standard InChI is InChI=1S/C20H29NO4/c1-23-14-17-13-21(15-20(17)8-10-25-11-9-20)19(22)7-6-16-4-3-5-18(12-16)24-2/h3-5,12,17H,6-11,13-15H2,1-2H3. The maximum Gasteiger partial charge on any atom is 0.222 e. The quantitative estimate of drug-likeness (QED) is 0.793. The molecule has 1 atom stereocenters. The third kappa shape index (κ3) is 4.15. The first-order valence-corrected chi connectivity index (χ1v) is 9.14. The number of likely N-dealkylation sites (tertiary alicyclic amines) is 1. The second-order valence-electron chi connectivity index (χ2n) is 7.25. The van der Waals surface area contributed by atoms with Gasteiger partial charge in [0.2, 0.25) is 5.91 Å². The maximum atomic E-state index is 12.8. The third-order valence-electron chi connectivity index (χ3n) is 5.78. The average Bonchev–Trinajstić information content (AvgIpc) is 2.98. The largest absolute Gasteiger partial charge is 0.497 e. The fourth-order valence-electron chi connectivity index (χ4n) is 4.24. The van der Waals surface area contributed by atoms with Crippen LogP contribution in [-0.2, 0) is 20.7 Å². The molecule has 5 heteroatoms. The predicted octanol–water partition coefficient (Wildman–Crippen LogP) is 2.53. The molecule has 1 aromatic carbocycles. The molecule has 138 valence electrons. The Kier molecular flexibility index (Phi) is 5.97. The first-order chi connectivity index (χ1) is 12.2. The molecule has 2 aliphatic heterocycles. The van der Waals surface area contributed by atoms with Crippen molar-refractivity contribution in [1.29, 1.82) is 0 Å². The van der Waals surface area contributed by atoms with Crippen LogP contribution in [0.25, 0.3) is 0 Å². The molecule has 1 aromatic rings. The summed E-state index contributed by atoms with van der Waals surface area (Å²) in [5, 5.41) is 0. The van der Waals surface area contributed by atoms with Crippen LogP contribution in [0.1, 0.15) is 24.8 Å². The monoisotopic (exact) mass is 347 g/mol. The fraction of sp³-hybridized carbons (Fsp3) is 0.650. The summed E-state index contributed by atoms with van der Waals surface area (Å²) in [5.74, 6) is 1.50. The van der Waals surface area contributed by atoms with Crippen molar-refractivity contribution in [2.75, 3.05) is 47.1 Å². The number of ether oxygens (including phenoxy) is 3. The van der Waals surface area contributed by atoms with E-state index in [0.717, 1.165) is 63.5 Å². The molecule has 2 heterocycles. The average molecular weight is 347 g/mol. The molecule has 5 nitrogen and oxygen atoms in total. The van der Waals surface area contributed by atoms with Gasteiger partial charge in [0.15, 0.2) is 0 Å². The molecular weight excluding hydrogens is 318 g/mol. The van der Waals surface area contributed by atoms with E-state index in [1.807, 2.05) is 24.3 Å². The molecule has 0 aromatic heterocycles. The van der Waals surface area contributed by atoms with Crippen molar-refractivity contribution < 1.29 is 19.0 Å². The molecule has 0 radical (unpaired) electrons. The van der Waals surface area contributed by atoms with Crippen molar-refractivity contribution in [3.05, 3.63) is 29.8 Å². The van der Waals surface area contributed by atoms with Crippen LogP contribution in [0.5, 0.6) is 5.75 Å². The third-order valence-corrected chi connectivity index (χ3v) is 5.78. The van der Waals surface area contributed by atoms with Crippen molar-refractivity contribution >= 4 is 5.91 Å². The number of aryl methyl sites for hydroxylation is 1. The molecule has 0 saturated carbocycles. The van der Waals surface area contributed by atoms with Gasteiger partial charge in [-0.3, -0.25) is 4.79 Å². The number of methoxy groups -OCH3 is 2. The maximum absolute atomic E-state index is 12.8. The number of hydrogen-bond acceptors (Lipinski definition) is 4. The van der Waals surface area contributed by atoms with Crippen LogP contribution in [0.3, 0.4) is 0 Å². The fourth-order valence-corrected chi connectivity index (χ4v) is 4.24. The van der Waals surface area contributed by atoms with Gasteiger partial charge < -0.3 is 19.1 Å². The Morgan fingerprint density at radius 3 is 2.84 bits per heavy atom. The first kappa shape index (κ1) is 18.2. The van der Waals surface area contributed by atoms with Crippen molar-refractivity contribution in [1.82, 2.24) is 4.90 Å². The van der Waals surface area contributed by atoms with E-state index in [9.17, 15) is 4.79 Å². The van der Waals surface area contributed by atoms with Gasteiger partial charge in [-0.05, 0) is 42.4 Å². The van der Waals surface area contributed by atoms with Gasteiger partial charge in [-0.15, -0.1) is 0 Å². The van der Waals surface area contributed by atoms with Crippen LogP contribution in [0.4, 0.5) is 0 Å². The summed E-state index contributed by atoms with van der Waals surface area (Å²) in [6, 6.07) is 7.95. The normalized spacial score (nSPS) is 22.3. The van der Waals surface area contributed by atoms with E-state index < -0.39 is 0 Å². The highest BCUT2D eigenvalue weighted by molar-refractivity contribution is 5.77. The second-order valence-corrected chi connectivity index (χ2v) is 7.25. The highest BCUT2D eigenvalue weighted by Crippen LogP contribution is 2.44. The second kappa shape index (κ2) is 8.19. The minimum Gasteiger partial charge on any atom is -0.497 e. The summed E-state index contributed by atoms with van der Waals surface area (Å²) in [5.41, 5.74) is 1.32. The van der Waals surface area contributed by atoms with Gasteiger partial charge in [0, 0.05) is 45.8 Å². The summed E-state index contributed by atoms with van der Waals surface area (Å²) in [6.07, 6.45) is 3.35. The molecular formula is C20H29NO4. The number of hydrogen-bond donors (Lipinski definition) is 0. The zero-order chi connectivity index (χ0) is 17.7. The summed E-state index contributed by atoms with van der Waals surface area (Å²) in [4.78, 5) is 14.8. The minimum absolute atomic E-state index is 0.180. The summed E-state index contributed by atoms with van der Waals surface area (Å²) in [6.45, 7) is 3.98. The number of rotatable bonds is 6. The Morgan fingerprint density at radius 1 is 1.32 bits per heavy atom. The number of carbonyl (C=O) groups excluding carboxylic acids is 1. The van der Waals surface area contributed by atoms with E-state index in [2.05, 4.69) is 4.90 Å². The summed E-state index contributed by atoms with van der Waals surface area (Å²) >= 11 is 0. The van der Waals surface area contributed by atoms with Crippen LogP contribution >= 0.6 is 0 Å². The molecule has 2 saturated heterocycles. The van der Waals surface area contributed by atoms with Gasteiger partial charge in [0.25, 0.3) is 0 Å². The molecule has 1 amide bonds. The molecule has 3 rings (SSSR count). The van der Waals surface area contributed by atoms with Crippen molar-refractivity contribution in [3.63, 3.8) is 0 Å². The van der Waals surface area contributed by atoms with Crippen molar-refractivity contribution in [3.8, 4) is 5.75 Å². The summed E-state index contributed by atoms with van der Waals surface area (Å²) in [7, 11) is 3.41. The summed E-state index contributed by atoms with van der Waals surface area (Å²) < 4.78 is 16.2. The lowest BCUT2D eigenvalue weighted by Crippen LogP contribution is -2.39. The Morgan fingerprint density at radius 2 is 2.12 bits per heavy atom. The predicted molar refractivity (Wildman–Crippen MR) is 95.7 cm³/mol. The zero-order valence-corrected chi connectivity index (χ0v) is 15.3. The van der Waals surface area contributed by atoms with Crippen LogP contribution < -0.4 is 4.74 Å². The molecule has 2 aliphatic rings. The number of benzene rings is 1. The van der Waals surface area contributed by atoms with Crippen LogP contribution in [-0.4, -0.2) is 57.9 Å². The van der Waals surface area contributed by atoms with Crippen LogP contribution in [0.2, 0.25) is 0 Å². The molecule has 0 bridgehead atoms. The van der Waals surface area contributed by atoms with Crippen LogP contribution in [0.15, 0.2) is 24.3 Å². The Balaban J connectivity index is 1.60. The molecule has 0 N–H and O–H groups in total. The van der Waals surface area contributed by atoms with E-state index in [0.29, 0.717) is 12.3 Å². The first-order valence-electron chi connectivity index (χ1n) is 9.14. The molecule has 1 unspecified atom stereocenters. The van der Waals surface area contributed by atoms with Crippen LogP contribution in [0, 0.1) is 11.3 Å². The molecule has 0 aliphatic carbocycles. The molecule has 25 heavy (non-hydrogen) atoms. The van der Waals surface area contributed by atoms with E-state index in [1.165, 1.54) is 0 Å². The van der Waals surface area contributed by atoms with Gasteiger partial charge in [-0.2, -0.15) is 0 Å². The van der Waals surface area contributed by atoms with Gasteiger partial charge in [0.05, 0.1) is 13.7 Å². The SMILES string of the molecule is COCC1CN(C(=O)CCc2cccc(OC)c2)CC12CCOCC2. The van der Waals surface area contributed by atoms with Gasteiger partial charge in [-0.1, -0.05) is 12.1 Å². The van der Waals surface area contributed by atoms with E-state index >= 15 is 0 Å². The smallest absolute Gasteiger partial charge is 0.222 e. The van der Waals surface area contributed by atoms with E-state index in [-0.39, 0.29) is 11.3 Å². The van der Waals surface area contributed by atoms with Gasteiger partial charge in [0.1, 0.15) is 5.75 Å². The number of carbonyl (C=O) groups is 1. The van der Waals surface area contributed by atoms with Crippen molar-refractivity contribution in [2.45, 2.75) is 25.7 Å². The lowest BCUT2D eigenvalue weighted by atomic mass is 9.72. The number of amides is 1. The van der Waals surface area contributed by atoms with Gasteiger partial charge in [-0.25, -0.2) is 0 Å². The van der Waals surface area contributed by atoms with E-state index in [1.54, 1.807) is 14.2 Å². The highest BCUT2D eigenvalue weighted by atomic mass is 16.5. The Hall–Kier alpha value is -1.59. The number of nitrogens with zero attached hydrogens (tertiary/aromatic N) is 1. The topological polar surface area (TPSA) is 48.0 Å². The minimum atomic E-state index is 0.180. The lowest BCUT2D eigenvalue weighted by molar-refractivity contribution is -0.130. The molecule has 1 spiro atoms. The van der Waals surface area contributed by atoms with Crippen molar-refractivity contribution in [2.24, 2.45) is 11.3 Å². The lowest BCUT2D eigenvalue weighted by Gasteiger charge is -2.37. The highest BCUT2D eigenvalue weighted by Gasteiger charge is 2.48. The Labute approximate surface area is 150 Å². The van der Waals surface area contributed by atoms with Gasteiger partial charge >= 0.3 is 0 Å². The van der Waals surface area contributed by atoms with E-state index in [4.69, 9.17) is 14.2 Å². The molecule has 2 fully saturated rings.